The van der Waals surface area contributed by atoms with Crippen molar-refractivity contribution >= 4 is 11.8 Å². The zero-order valence-electron chi connectivity index (χ0n) is 4.87. The highest BCUT2D eigenvalue weighted by Crippen LogP contribution is 2.29. The summed E-state index contributed by atoms with van der Waals surface area (Å²) < 4.78 is 0. The molecule has 0 aromatic rings. The van der Waals surface area contributed by atoms with Gasteiger partial charge in [-0.1, -0.05) is 0 Å². The van der Waals surface area contributed by atoms with Crippen molar-refractivity contribution in [3.05, 3.63) is 0 Å². The van der Waals surface area contributed by atoms with E-state index in [1.54, 1.807) is 11.8 Å². The molecule has 46 valence electrons. The lowest BCUT2D eigenvalue weighted by atomic mass is 10.1. The average molecular weight is 138 g/mol. The molecule has 0 aromatic carbocycles. The molecule has 0 radical (unpaired) electrons. The second kappa shape index (κ2) is 2.75. The standard InChI is InChI=1S/C6H6N2S/c7-2-5-1-6(3-8)9-4-5/h5-6H,1,4H2/t5-,6-/m1/s1. The van der Waals surface area contributed by atoms with Crippen molar-refractivity contribution in [2.24, 2.45) is 5.92 Å². The fourth-order valence-corrected chi connectivity index (χ4v) is 1.92. The lowest BCUT2D eigenvalue weighted by Gasteiger charge is -1.90. The zero-order valence-corrected chi connectivity index (χ0v) is 5.69. The second-order valence-electron chi connectivity index (χ2n) is 2.01. The molecule has 0 aromatic heterocycles. The van der Waals surface area contributed by atoms with Crippen molar-refractivity contribution in [3.8, 4) is 12.1 Å². The van der Waals surface area contributed by atoms with Gasteiger partial charge in [0.25, 0.3) is 0 Å². The quantitative estimate of drug-likeness (QED) is 0.504. The molecule has 1 heterocycles. The van der Waals surface area contributed by atoms with Gasteiger partial charge in [0, 0.05) is 5.75 Å². The molecule has 0 spiro atoms. The number of hydrogen-bond acceptors (Lipinski definition) is 3. The van der Waals surface area contributed by atoms with Crippen molar-refractivity contribution in [1.82, 2.24) is 0 Å². The van der Waals surface area contributed by atoms with Crippen LogP contribution in [0.3, 0.4) is 0 Å². The molecular weight excluding hydrogens is 132 g/mol. The van der Waals surface area contributed by atoms with E-state index >= 15 is 0 Å². The summed E-state index contributed by atoms with van der Waals surface area (Å²) in [5.41, 5.74) is 0. The van der Waals surface area contributed by atoms with Crippen LogP contribution in [0.2, 0.25) is 0 Å². The molecular formula is C6H6N2S. The Kier molecular flexibility index (Phi) is 1.97. The van der Waals surface area contributed by atoms with Crippen LogP contribution in [0.15, 0.2) is 0 Å². The maximum atomic E-state index is 8.41. The van der Waals surface area contributed by atoms with E-state index in [9.17, 15) is 0 Å². The highest BCUT2D eigenvalue weighted by molar-refractivity contribution is 8.00. The van der Waals surface area contributed by atoms with Gasteiger partial charge in [-0.15, -0.1) is 11.8 Å². The molecule has 1 rings (SSSR count). The van der Waals surface area contributed by atoms with E-state index in [1.165, 1.54) is 0 Å². The predicted octanol–water partition coefficient (Wildman–Crippen LogP) is 1.16. The fourth-order valence-electron chi connectivity index (χ4n) is 0.807. The van der Waals surface area contributed by atoms with Gasteiger partial charge in [-0.3, -0.25) is 0 Å². The topological polar surface area (TPSA) is 47.6 Å². The Hall–Kier alpha value is -0.670. The first-order chi connectivity index (χ1) is 4.36. The normalized spacial score (nSPS) is 33.1. The molecule has 1 aliphatic heterocycles. The first kappa shape index (κ1) is 6.45. The summed E-state index contributed by atoms with van der Waals surface area (Å²) in [6.45, 7) is 0. The third-order valence-electron chi connectivity index (χ3n) is 1.32. The molecule has 1 fully saturated rings. The molecule has 2 atom stereocenters. The van der Waals surface area contributed by atoms with Crippen LogP contribution in [0.25, 0.3) is 0 Å². The fraction of sp³-hybridized carbons (Fsp3) is 0.667. The molecule has 2 nitrogen and oxygen atoms in total. The Morgan fingerprint density at radius 1 is 1.33 bits per heavy atom. The maximum Gasteiger partial charge on any atom is 0.0929 e. The van der Waals surface area contributed by atoms with E-state index in [0.717, 1.165) is 12.2 Å². The number of nitrogens with zero attached hydrogens (tertiary/aromatic N) is 2. The molecule has 3 heteroatoms. The third-order valence-corrected chi connectivity index (χ3v) is 2.62. The van der Waals surface area contributed by atoms with Crippen LogP contribution in [-0.2, 0) is 0 Å². The van der Waals surface area contributed by atoms with Crippen molar-refractivity contribution in [3.63, 3.8) is 0 Å². The SMILES string of the molecule is N#C[C@@H]1CS[C@@H](C#N)C1. The number of rotatable bonds is 0. The van der Waals surface area contributed by atoms with Crippen LogP contribution < -0.4 is 0 Å². The van der Waals surface area contributed by atoms with E-state index in [0.29, 0.717) is 0 Å². The van der Waals surface area contributed by atoms with Crippen LogP contribution in [0, 0.1) is 28.6 Å². The average Bonchev–Trinajstić information content (AvgIpc) is 2.34. The monoisotopic (exact) mass is 138 g/mol. The van der Waals surface area contributed by atoms with Crippen LogP contribution in [0.5, 0.6) is 0 Å². The molecule has 0 unspecified atom stereocenters. The first-order valence-electron chi connectivity index (χ1n) is 2.77. The van der Waals surface area contributed by atoms with E-state index in [2.05, 4.69) is 12.1 Å². The lowest BCUT2D eigenvalue weighted by Crippen LogP contribution is -1.95. The van der Waals surface area contributed by atoms with Crippen LogP contribution in [-0.4, -0.2) is 11.0 Å². The largest absolute Gasteiger partial charge is 0.198 e. The second-order valence-corrected chi connectivity index (χ2v) is 3.25. The summed E-state index contributed by atoms with van der Waals surface area (Å²) in [7, 11) is 0. The van der Waals surface area contributed by atoms with Crippen molar-refractivity contribution in [2.45, 2.75) is 11.7 Å². The van der Waals surface area contributed by atoms with Crippen molar-refractivity contribution < 1.29 is 0 Å². The van der Waals surface area contributed by atoms with E-state index in [1.807, 2.05) is 0 Å². The summed E-state index contributed by atoms with van der Waals surface area (Å²) in [4.78, 5) is 0. The molecule has 0 amide bonds. The Balaban J connectivity index is 2.42. The highest BCUT2D eigenvalue weighted by atomic mass is 32.2. The van der Waals surface area contributed by atoms with E-state index in [-0.39, 0.29) is 11.2 Å². The minimum Gasteiger partial charge on any atom is -0.198 e. The Morgan fingerprint density at radius 3 is 2.44 bits per heavy atom. The minimum atomic E-state index is 0.0784. The summed E-state index contributed by atoms with van der Waals surface area (Å²) in [6, 6.07) is 4.30. The Morgan fingerprint density at radius 2 is 2.11 bits per heavy atom. The van der Waals surface area contributed by atoms with Gasteiger partial charge in [0.1, 0.15) is 0 Å². The smallest absolute Gasteiger partial charge is 0.0929 e. The molecule has 0 aliphatic carbocycles. The number of hydrogen-bond donors (Lipinski definition) is 0. The van der Waals surface area contributed by atoms with Crippen LogP contribution in [0.1, 0.15) is 6.42 Å². The van der Waals surface area contributed by atoms with Gasteiger partial charge < -0.3 is 0 Å². The van der Waals surface area contributed by atoms with Crippen molar-refractivity contribution in [1.29, 1.82) is 10.5 Å². The Bertz CT molecular complexity index is 156. The number of nitriles is 2. The molecule has 0 saturated carbocycles. The molecule has 1 aliphatic rings. The Labute approximate surface area is 58.5 Å². The van der Waals surface area contributed by atoms with Crippen LogP contribution in [0.4, 0.5) is 0 Å². The van der Waals surface area contributed by atoms with Gasteiger partial charge in [0.05, 0.1) is 23.3 Å². The predicted molar refractivity (Wildman–Crippen MR) is 35.6 cm³/mol. The zero-order chi connectivity index (χ0) is 6.69. The van der Waals surface area contributed by atoms with Gasteiger partial charge in [-0.2, -0.15) is 10.5 Å². The van der Waals surface area contributed by atoms with Crippen LogP contribution >= 0.6 is 11.8 Å². The van der Waals surface area contributed by atoms with Gasteiger partial charge in [0.2, 0.25) is 0 Å². The minimum absolute atomic E-state index is 0.0784. The lowest BCUT2D eigenvalue weighted by molar-refractivity contribution is 0.729. The van der Waals surface area contributed by atoms with Gasteiger partial charge in [0.15, 0.2) is 0 Å². The first-order valence-corrected chi connectivity index (χ1v) is 3.82. The summed E-state index contributed by atoms with van der Waals surface area (Å²) in [5.74, 6) is 0.967. The van der Waals surface area contributed by atoms with Crippen molar-refractivity contribution in [2.75, 3.05) is 5.75 Å². The van der Waals surface area contributed by atoms with E-state index in [4.69, 9.17) is 10.5 Å². The highest BCUT2D eigenvalue weighted by Gasteiger charge is 2.24. The molecule has 0 bridgehead atoms. The summed E-state index contributed by atoms with van der Waals surface area (Å²) in [5, 5.41) is 16.9. The summed E-state index contributed by atoms with van der Waals surface area (Å²) in [6.07, 6.45) is 0.762. The van der Waals surface area contributed by atoms with E-state index < -0.39 is 0 Å². The number of thioether (sulfide) groups is 1. The molecule has 1 saturated heterocycles. The molecule has 0 N–H and O–H groups in total. The van der Waals surface area contributed by atoms with Gasteiger partial charge in [-0.05, 0) is 6.42 Å². The van der Waals surface area contributed by atoms with Gasteiger partial charge >= 0.3 is 0 Å². The van der Waals surface area contributed by atoms with Gasteiger partial charge in [-0.25, -0.2) is 0 Å². The molecule has 9 heavy (non-hydrogen) atoms. The third kappa shape index (κ3) is 1.37. The maximum absolute atomic E-state index is 8.41. The summed E-state index contributed by atoms with van der Waals surface area (Å²) >= 11 is 1.59.